The molecule has 172 valence electrons. The second-order valence-electron chi connectivity index (χ2n) is 8.80. The van der Waals surface area contributed by atoms with Gasteiger partial charge in [0.15, 0.2) is 5.75 Å². The number of aromatic nitrogens is 1. The van der Waals surface area contributed by atoms with E-state index in [1.807, 2.05) is 35.1 Å². The van der Waals surface area contributed by atoms with Crippen molar-refractivity contribution in [1.29, 1.82) is 0 Å². The Balaban J connectivity index is 1.74. The van der Waals surface area contributed by atoms with Gasteiger partial charge in [0.1, 0.15) is 5.82 Å². The summed E-state index contributed by atoms with van der Waals surface area (Å²) in [6.45, 7) is 6.86. The van der Waals surface area contributed by atoms with Crippen LogP contribution in [-0.4, -0.2) is 51.8 Å². The van der Waals surface area contributed by atoms with Gasteiger partial charge in [-0.05, 0) is 45.2 Å². The van der Waals surface area contributed by atoms with Gasteiger partial charge in [-0.2, -0.15) is 0 Å². The molecular formula is C23H28FN3O5. The second-order valence-corrected chi connectivity index (χ2v) is 8.80. The third kappa shape index (κ3) is 4.03. The van der Waals surface area contributed by atoms with Crippen LogP contribution in [0.1, 0.15) is 52.5 Å². The Hall–Kier alpha value is -3.10. The SMILES string of the molecule is CCCC(=O)N1C(C)CN(c2cc3c(cc2F)c(=O)c(OC(=O)O)cn3C2CC2)CC1C. The minimum absolute atomic E-state index is 0.0788. The van der Waals surface area contributed by atoms with Crippen LogP contribution in [0.5, 0.6) is 5.75 Å². The van der Waals surface area contributed by atoms with Crippen molar-refractivity contribution in [1.82, 2.24) is 9.47 Å². The fourth-order valence-electron chi connectivity index (χ4n) is 4.75. The summed E-state index contributed by atoms with van der Waals surface area (Å²) in [5.41, 5.74) is 0.275. The van der Waals surface area contributed by atoms with Crippen LogP contribution in [-0.2, 0) is 4.79 Å². The van der Waals surface area contributed by atoms with Crippen molar-refractivity contribution in [3.8, 4) is 5.75 Å². The van der Waals surface area contributed by atoms with E-state index in [0.717, 1.165) is 19.3 Å². The lowest BCUT2D eigenvalue weighted by atomic mass is 10.0. The molecule has 1 aromatic carbocycles. The highest BCUT2D eigenvalue weighted by molar-refractivity contribution is 5.85. The van der Waals surface area contributed by atoms with E-state index in [4.69, 9.17) is 5.11 Å². The van der Waals surface area contributed by atoms with Crippen molar-refractivity contribution in [2.24, 2.45) is 0 Å². The predicted octanol–water partition coefficient (Wildman–Crippen LogP) is 3.76. The Morgan fingerprint density at radius 3 is 2.41 bits per heavy atom. The van der Waals surface area contributed by atoms with Gasteiger partial charge in [-0.25, -0.2) is 9.18 Å². The number of carboxylic acid groups (broad SMARTS) is 1. The zero-order valence-corrected chi connectivity index (χ0v) is 18.5. The Kier molecular flexibility index (Phi) is 5.83. The molecule has 2 atom stereocenters. The molecule has 1 saturated carbocycles. The van der Waals surface area contributed by atoms with Crippen LogP contribution in [0.3, 0.4) is 0 Å². The normalized spacial score (nSPS) is 21.1. The fraction of sp³-hybridized carbons (Fsp3) is 0.522. The molecule has 9 heteroatoms. The molecule has 1 aliphatic carbocycles. The third-order valence-corrected chi connectivity index (χ3v) is 6.22. The number of carbonyl (C=O) groups excluding carboxylic acids is 1. The number of fused-ring (bicyclic) bond motifs is 1. The quantitative estimate of drug-likeness (QED) is 0.705. The molecular weight excluding hydrogens is 417 g/mol. The van der Waals surface area contributed by atoms with Crippen LogP contribution >= 0.6 is 0 Å². The highest BCUT2D eigenvalue weighted by Crippen LogP contribution is 2.39. The van der Waals surface area contributed by atoms with Gasteiger partial charge in [-0.15, -0.1) is 0 Å². The first-order valence-corrected chi connectivity index (χ1v) is 11.1. The van der Waals surface area contributed by atoms with E-state index in [2.05, 4.69) is 4.74 Å². The number of carbonyl (C=O) groups is 2. The molecule has 0 radical (unpaired) electrons. The highest BCUT2D eigenvalue weighted by atomic mass is 19.1. The van der Waals surface area contributed by atoms with E-state index in [0.29, 0.717) is 30.7 Å². The summed E-state index contributed by atoms with van der Waals surface area (Å²) in [6, 6.07) is 2.80. The van der Waals surface area contributed by atoms with Gasteiger partial charge < -0.3 is 24.2 Å². The van der Waals surface area contributed by atoms with Crippen LogP contribution in [0.4, 0.5) is 14.9 Å². The first-order chi connectivity index (χ1) is 15.2. The molecule has 2 aromatic rings. The Bertz CT molecular complexity index is 1110. The van der Waals surface area contributed by atoms with Gasteiger partial charge >= 0.3 is 6.16 Å². The minimum atomic E-state index is -1.58. The van der Waals surface area contributed by atoms with Crippen molar-refractivity contribution < 1.29 is 23.8 Å². The molecule has 2 fully saturated rings. The average Bonchev–Trinajstić information content (AvgIpc) is 3.54. The minimum Gasteiger partial charge on any atom is -0.449 e. The van der Waals surface area contributed by atoms with Crippen molar-refractivity contribution >= 4 is 28.7 Å². The second kappa shape index (κ2) is 8.44. The van der Waals surface area contributed by atoms with E-state index in [1.165, 1.54) is 12.3 Å². The van der Waals surface area contributed by atoms with Crippen LogP contribution in [0.15, 0.2) is 23.1 Å². The molecule has 1 aromatic heterocycles. The third-order valence-electron chi connectivity index (χ3n) is 6.22. The number of halogens is 1. The van der Waals surface area contributed by atoms with E-state index in [-0.39, 0.29) is 35.2 Å². The summed E-state index contributed by atoms with van der Waals surface area (Å²) in [5.74, 6) is -0.772. The summed E-state index contributed by atoms with van der Waals surface area (Å²) in [5, 5.41) is 9.03. The topological polar surface area (TPSA) is 92.1 Å². The summed E-state index contributed by atoms with van der Waals surface area (Å²) in [4.78, 5) is 40.1. The summed E-state index contributed by atoms with van der Waals surface area (Å²) in [6.07, 6.45) is 2.88. The zero-order chi connectivity index (χ0) is 23.2. The van der Waals surface area contributed by atoms with Crippen molar-refractivity contribution in [2.45, 2.75) is 64.6 Å². The zero-order valence-electron chi connectivity index (χ0n) is 18.5. The Morgan fingerprint density at radius 1 is 1.19 bits per heavy atom. The summed E-state index contributed by atoms with van der Waals surface area (Å²) >= 11 is 0. The van der Waals surface area contributed by atoms with Gasteiger partial charge in [-0.1, -0.05) is 6.92 Å². The predicted molar refractivity (Wildman–Crippen MR) is 118 cm³/mol. The first kappa shape index (κ1) is 22.1. The number of pyridine rings is 1. The molecule has 0 spiro atoms. The maximum atomic E-state index is 15.2. The maximum absolute atomic E-state index is 15.2. The lowest BCUT2D eigenvalue weighted by Gasteiger charge is -2.45. The molecule has 2 heterocycles. The molecule has 1 aliphatic heterocycles. The van der Waals surface area contributed by atoms with E-state index in [1.54, 1.807) is 6.07 Å². The van der Waals surface area contributed by atoms with E-state index < -0.39 is 17.4 Å². The van der Waals surface area contributed by atoms with Crippen molar-refractivity contribution in [3.05, 3.63) is 34.4 Å². The molecule has 0 bridgehead atoms. The van der Waals surface area contributed by atoms with Crippen LogP contribution in [0.25, 0.3) is 10.9 Å². The number of rotatable bonds is 5. The Morgan fingerprint density at radius 2 is 1.84 bits per heavy atom. The number of benzene rings is 1. The lowest BCUT2D eigenvalue weighted by molar-refractivity contribution is -0.136. The van der Waals surface area contributed by atoms with Gasteiger partial charge in [0, 0.05) is 37.6 Å². The van der Waals surface area contributed by atoms with E-state index >= 15 is 4.39 Å². The number of hydrogen-bond acceptors (Lipinski definition) is 5. The van der Waals surface area contributed by atoms with Crippen molar-refractivity contribution in [3.63, 3.8) is 0 Å². The van der Waals surface area contributed by atoms with Gasteiger partial charge in [-0.3, -0.25) is 9.59 Å². The molecule has 32 heavy (non-hydrogen) atoms. The standard InChI is InChI=1S/C23H28FN3O5/c1-4-5-21(28)27-13(2)10-25(11-14(27)3)19-9-18-16(8-17(19)24)22(29)20(32-23(30)31)12-26(18)15-6-7-15/h8-9,12-15H,4-7,10-11H2,1-3H3,(H,30,31). The van der Waals surface area contributed by atoms with Gasteiger partial charge in [0.2, 0.25) is 11.3 Å². The van der Waals surface area contributed by atoms with E-state index in [9.17, 15) is 14.4 Å². The van der Waals surface area contributed by atoms with Gasteiger partial charge in [0.05, 0.1) is 22.8 Å². The summed E-state index contributed by atoms with van der Waals surface area (Å²) in [7, 11) is 0. The molecule has 1 N–H and O–H groups in total. The molecule has 1 amide bonds. The average molecular weight is 445 g/mol. The van der Waals surface area contributed by atoms with Gasteiger partial charge in [0.25, 0.3) is 0 Å². The van der Waals surface area contributed by atoms with Crippen molar-refractivity contribution in [2.75, 3.05) is 18.0 Å². The molecule has 8 nitrogen and oxygen atoms in total. The number of piperazine rings is 1. The van der Waals surface area contributed by atoms with Crippen LogP contribution in [0.2, 0.25) is 0 Å². The Labute approximate surface area is 185 Å². The number of amides is 1. The molecule has 2 aliphatic rings. The van der Waals surface area contributed by atoms with Crippen LogP contribution in [0, 0.1) is 5.82 Å². The molecule has 2 unspecified atom stereocenters. The first-order valence-electron chi connectivity index (χ1n) is 11.1. The number of anilines is 1. The highest BCUT2D eigenvalue weighted by Gasteiger charge is 2.34. The molecule has 1 saturated heterocycles. The fourth-order valence-corrected chi connectivity index (χ4v) is 4.75. The number of hydrogen-bond donors (Lipinski definition) is 1. The summed E-state index contributed by atoms with van der Waals surface area (Å²) < 4.78 is 21.7. The van der Waals surface area contributed by atoms with Crippen LogP contribution < -0.4 is 15.1 Å². The maximum Gasteiger partial charge on any atom is 0.511 e. The largest absolute Gasteiger partial charge is 0.511 e. The lowest BCUT2D eigenvalue weighted by Crippen LogP contribution is -2.58. The smallest absolute Gasteiger partial charge is 0.449 e. The molecule has 4 rings (SSSR count). The number of nitrogens with zero attached hydrogens (tertiary/aromatic N) is 3. The number of ether oxygens (including phenoxy) is 1. The monoisotopic (exact) mass is 445 g/mol.